The Morgan fingerprint density at radius 3 is 3.08 bits per heavy atom. The molecule has 2 unspecified atom stereocenters. The van der Waals surface area contributed by atoms with Crippen LogP contribution in [0.1, 0.15) is 39.0 Å². The zero-order valence-electron chi connectivity index (χ0n) is 15.0. The lowest BCUT2D eigenvalue weighted by Gasteiger charge is -2.30. The molecule has 0 aliphatic carbocycles. The Bertz CT molecular complexity index is 737. The molecule has 1 amide bonds. The van der Waals surface area contributed by atoms with E-state index in [4.69, 9.17) is 9.26 Å². The quantitative estimate of drug-likeness (QED) is 0.732. The molecule has 2 atom stereocenters. The fourth-order valence-corrected chi connectivity index (χ4v) is 3.77. The molecule has 0 spiro atoms. The zero-order valence-corrected chi connectivity index (χ0v) is 15.8. The normalized spacial score (nSPS) is 20.0. The van der Waals surface area contributed by atoms with E-state index < -0.39 is 0 Å². The summed E-state index contributed by atoms with van der Waals surface area (Å²) in [6.45, 7) is 4.67. The molecule has 2 aromatic rings. The molecule has 0 saturated carbocycles. The molecule has 1 saturated heterocycles. The number of nitrogens with one attached hydrogen (secondary N) is 2. The predicted octanol–water partition coefficient (Wildman–Crippen LogP) is 2.93. The molecule has 1 aliphatic rings. The fraction of sp³-hybridized carbons (Fsp3) is 0.500. The molecular formula is C18H24N4O3S. The minimum Gasteiger partial charge on any atom is -0.494 e. The standard InChI is InChI=1S/C18H24N4O3S/c1-3-6-13-10-15(23)20-18(19-13)26-11-16-21-17(22-25-16)12-7-5-8-14(9-12)24-4-2/h5,7-9,13,18-19H,3-4,6,10-11H2,1-2H3,(H,20,23). The number of hydrogen-bond acceptors (Lipinski definition) is 7. The Morgan fingerprint density at radius 1 is 1.38 bits per heavy atom. The summed E-state index contributed by atoms with van der Waals surface area (Å²) in [7, 11) is 0. The van der Waals surface area contributed by atoms with Gasteiger partial charge in [-0.15, -0.1) is 11.8 Å². The average Bonchev–Trinajstić information content (AvgIpc) is 3.09. The van der Waals surface area contributed by atoms with E-state index in [9.17, 15) is 4.79 Å². The van der Waals surface area contributed by atoms with Crippen LogP contribution in [-0.2, 0) is 10.5 Å². The van der Waals surface area contributed by atoms with Crippen LogP contribution in [0.4, 0.5) is 0 Å². The molecule has 1 aromatic carbocycles. The highest BCUT2D eigenvalue weighted by Crippen LogP contribution is 2.23. The van der Waals surface area contributed by atoms with Gasteiger partial charge in [0.05, 0.1) is 12.4 Å². The molecular weight excluding hydrogens is 352 g/mol. The van der Waals surface area contributed by atoms with E-state index in [0.717, 1.165) is 24.2 Å². The Balaban J connectivity index is 1.58. The lowest BCUT2D eigenvalue weighted by atomic mass is 10.1. The maximum atomic E-state index is 11.8. The molecule has 1 fully saturated rings. The van der Waals surface area contributed by atoms with E-state index in [1.807, 2.05) is 31.2 Å². The van der Waals surface area contributed by atoms with Crippen LogP contribution in [-0.4, -0.2) is 34.2 Å². The van der Waals surface area contributed by atoms with Crippen molar-refractivity contribution in [2.24, 2.45) is 0 Å². The van der Waals surface area contributed by atoms with Crippen LogP contribution in [0.5, 0.6) is 5.75 Å². The van der Waals surface area contributed by atoms with Crippen molar-refractivity contribution < 1.29 is 14.1 Å². The van der Waals surface area contributed by atoms with Gasteiger partial charge >= 0.3 is 0 Å². The van der Waals surface area contributed by atoms with Gasteiger partial charge in [0.15, 0.2) is 0 Å². The molecule has 0 radical (unpaired) electrons. The first-order valence-electron chi connectivity index (χ1n) is 8.90. The molecule has 1 aromatic heterocycles. The molecule has 7 nitrogen and oxygen atoms in total. The van der Waals surface area contributed by atoms with E-state index in [-0.39, 0.29) is 17.4 Å². The van der Waals surface area contributed by atoms with Crippen LogP contribution in [0, 0.1) is 0 Å². The van der Waals surface area contributed by atoms with Gasteiger partial charge in [-0.05, 0) is 25.5 Å². The maximum absolute atomic E-state index is 11.8. The number of ether oxygens (including phenoxy) is 1. The summed E-state index contributed by atoms with van der Waals surface area (Å²) >= 11 is 1.54. The number of amides is 1. The largest absolute Gasteiger partial charge is 0.494 e. The van der Waals surface area contributed by atoms with Crippen molar-refractivity contribution in [1.82, 2.24) is 20.8 Å². The third-order valence-corrected chi connectivity index (χ3v) is 4.99. The summed E-state index contributed by atoms with van der Waals surface area (Å²) in [6.07, 6.45) is 2.58. The van der Waals surface area contributed by atoms with Gasteiger partial charge in [-0.2, -0.15) is 4.98 Å². The minimum absolute atomic E-state index is 0.0821. The van der Waals surface area contributed by atoms with Gasteiger partial charge in [-0.25, -0.2) is 0 Å². The van der Waals surface area contributed by atoms with Crippen LogP contribution in [0.15, 0.2) is 28.8 Å². The van der Waals surface area contributed by atoms with E-state index in [0.29, 0.717) is 30.5 Å². The van der Waals surface area contributed by atoms with Crippen molar-refractivity contribution in [3.8, 4) is 17.1 Å². The SMILES string of the molecule is CCCC1CC(=O)NC(SCc2nc(-c3cccc(OCC)c3)no2)N1. The van der Waals surface area contributed by atoms with Crippen LogP contribution in [0.25, 0.3) is 11.4 Å². The second-order valence-corrected chi connectivity index (χ2v) is 7.18. The third-order valence-electron chi connectivity index (χ3n) is 3.99. The molecule has 140 valence electrons. The van der Waals surface area contributed by atoms with Crippen LogP contribution in [0.2, 0.25) is 0 Å². The van der Waals surface area contributed by atoms with Crippen molar-refractivity contribution >= 4 is 17.7 Å². The van der Waals surface area contributed by atoms with Crippen molar-refractivity contribution in [1.29, 1.82) is 0 Å². The Kier molecular flexibility index (Phi) is 6.51. The first kappa shape index (κ1) is 18.7. The number of nitrogens with zero attached hydrogens (tertiary/aromatic N) is 2. The fourth-order valence-electron chi connectivity index (χ4n) is 2.84. The van der Waals surface area contributed by atoms with E-state index >= 15 is 0 Å². The van der Waals surface area contributed by atoms with Crippen LogP contribution < -0.4 is 15.4 Å². The van der Waals surface area contributed by atoms with Gasteiger partial charge in [0.2, 0.25) is 17.6 Å². The Labute approximate surface area is 157 Å². The molecule has 2 heterocycles. The van der Waals surface area contributed by atoms with E-state index in [1.54, 1.807) is 0 Å². The zero-order chi connectivity index (χ0) is 18.4. The topological polar surface area (TPSA) is 89.3 Å². The summed E-state index contributed by atoms with van der Waals surface area (Å²) < 4.78 is 10.9. The van der Waals surface area contributed by atoms with Gasteiger partial charge in [0.25, 0.3) is 0 Å². The van der Waals surface area contributed by atoms with E-state index in [1.165, 1.54) is 11.8 Å². The van der Waals surface area contributed by atoms with Crippen LogP contribution in [0.3, 0.4) is 0 Å². The van der Waals surface area contributed by atoms with Crippen molar-refractivity contribution in [3.63, 3.8) is 0 Å². The molecule has 1 aliphatic heterocycles. The Morgan fingerprint density at radius 2 is 2.27 bits per heavy atom. The van der Waals surface area contributed by atoms with Crippen molar-refractivity contribution in [2.75, 3.05) is 6.61 Å². The number of carbonyl (C=O) groups is 1. The highest BCUT2D eigenvalue weighted by molar-refractivity contribution is 7.99. The van der Waals surface area contributed by atoms with Gasteiger partial charge < -0.3 is 14.6 Å². The van der Waals surface area contributed by atoms with Crippen LogP contribution >= 0.6 is 11.8 Å². The van der Waals surface area contributed by atoms with Crippen molar-refractivity contribution in [3.05, 3.63) is 30.2 Å². The number of rotatable bonds is 8. The number of carbonyl (C=O) groups excluding carboxylic acids is 1. The second kappa shape index (κ2) is 9.05. The van der Waals surface area contributed by atoms with E-state index in [2.05, 4.69) is 27.7 Å². The summed E-state index contributed by atoms with van der Waals surface area (Å²) in [5.74, 6) is 2.45. The summed E-state index contributed by atoms with van der Waals surface area (Å²) in [4.78, 5) is 16.3. The molecule has 0 bridgehead atoms. The summed E-state index contributed by atoms with van der Waals surface area (Å²) in [5, 5.41) is 10.4. The lowest BCUT2D eigenvalue weighted by Crippen LogP contribution is -2.54. The second-order valence-electron chi connectivity index (χ2n) is 6.09. The Hall–Kier alpha value is -2.06. The number of aromatic nitrogens is 2. The van der Waals surface area contributed by atoms with Gasteiger partial charge in [-0.1, -0.05) is 30.6 Å². The van der Waals surface area contributed by atoms with Gasteiger partial charge in [0, 0.05) is 18.0 Å². The molecule has 8 heteroatoms. The molecule has 26 heavy (non-hydrogen) atoms. The number of thioether (sulfide) groups is 1. The molecule has 3 rings (SSSR count). The predicted molar refractivity (Wildman–Crippen MR) is 101 cm³/mol. The third kappa shape index (κ3) is 4.98. The van der Waals surface area contributed by atoms with Crippen molar-refractivity contribution in [2.45, 2.75) is 50.4 Å². The highest BCUT2D eigenvalue weighted by atomic mass is 32.2. The van der Waals surface area contributed by atoms with Gasteiger partial charge in [0.1, 0.15) is 11.2 Å². The average molecular weight is 376 g/mol. The first-order chi connectivity index (χ1) is 12.7. The van der Waals surface area contributed by atoms with Gasteiger partial charge in [-0.3, -0.25) is 10.1 Å². The summed E-state index contributed by atoms with van der Waals surface area (Å²) in [6, 6.07) is 7.84. The monoisotopic (exact) mass is 376 g/mol. The highest BCUT2D eigenvalue weighted by Gasteiger charge is 2.25. The minimum atomic E-state index is -0.135. The lowest BCUT2D eigenvalue weighted by molar-refractivity contribution is -0.123. The summed E-state index contributed by atoms with van der Waals surface area (Å²) in [5.41, 5.74) is 0.715. The number of benzene rings is 1. The first-order valence-corrected chi connectivity index (χ1v) is 9.95. The number of hydrogen-bond donors (Lipinski definition) is 2. The molecule has 2 N–H and O–H groups in total. The maximum Gasteiger partial charge on any atom is 0.237 e. The smallest absolute Gasteiger partial charge is 0.237 e.